The van der Waals surface area contributed by atoms with Crippen LogP contribution in [0.15, 0.2) is 42.5 Å². The van der Waals surface area contributed by atoms with Gasteiger partial charge in [0.2, 0.25) is 11.8 Å². The fourth-order valence-corrected chi connectivity index (χ4v) is 2.68. The molecule has 2 amide bonds. The average molecular weight is 366 g/mol. The number of carbonyl (C=O) groups excluding carboxylic acids is 2. The van der Waals surface area contributed by atoms with Crippen LogP contribution in [0.4, 0.5) is 13.2 Å². The third kappa shape index (κ3) is 5.47. The molecular weight excluding hydrogens is 345 g/mol. The molecule has 2 rings (SSSR count). The highest BCUT2D eigenvalue weighted by Gasteiger charge is 2.31. The van der Waals surface area contributed by atoms with E-state index in [2.05, 4.69) is 5.32 Å². The molecule has 2 aromatic carbocycles. The van der Waals surface area contributed by atoms with Crippen molar-refractivity contribution in [3.8, 4) is 0 Å². The molecule has 0 aliphatic rings. The molecule has 0 saturated heterocycles. The van der Waals surface area contributed by atoms with Crippen LogP contribution in [0.5, 0.6) is 0 Å². The summed E-state index contributed by atoms with van der Waals surface area (Å²) in [6.07, 6.45) is -4.46. The Kier molecular flexibility index (Phi) is 6.23. The van der Waals surface area contributed by atoms with Crippen molar-refractivity contribution in [2.24, 2.45) is 5.92 Å². The van der Waals surface area contributed by atoms with Crippen molar-refractivity contribution in [2.75, 3.05) is 6.54 Å². The Morgan fingerprint density at radius 2 is 1.69 bits per heavy atom. The zero-order chi connectivity index (χ0) is 19.3. The molecule has 0 bridgehead atoms. The SMILES string of the molecule is CC(C)[C@@H](NC(=O)Cc1cccc2ccccc12)C(=O)NCC(F)(F)F. The summed E-state index contributed by atoms with van der Waals surface area (Å²) in [7, 11) is 0. The van der Waals surface area contributed by atoms with Crippen molar-refractivity contribution in [1.29, 1.82) is 0 Å². The van der Waals surface area contributed by atoms with Crippen molar-refractivity contribution in [3.63, 3.8) is 0 Å². The van der Waals surface area contributed by atoms with E-state index >= 15 is 0 Å². The van der Waals surface area contributed by atoms with Gasteiger partial charge in [-0.15, -0.1) is 0 Å². The van der Waals surface area contributed by atoms with E-state index in [-0.39, 0.29) is 12.3 Å². The molecule has 0 fully saturated rings. The van der Waals surface area contributed by atoms with E-state index in [0.29, 0.717) is 0 Å². The van der Waals surface area contributed by atoms with Gasteiger partial charge in [-0.05, 0) is 22.3 Å². The quantitative estimate of drug-likeness (QED) is 0.825. The Labute approximate surface area is 149 Å². The molecule has 0 heterocycles. The molecule has 0 aliphatic carbocycles. The topological polar surface area (TPSA) is 58.2 Å². The Morgan fingerprint density at radius 1 is 1.04 bits per heavy atom. The van der Waals surface area contributed by atoms with Gasteiger partial charge in [0.25, 0.3) is 0 Å². The lowest BCUT2D eigenvalue weighted by Gasteiger charge is -2.22. The van der Waals surface area contributed by atoms with Crippen LogP contribution in [0.1, 0.15) is 19.4 Å². The standard InChI is InChI=1S/C19H21F3N2O2/c1-12(2)17(18(26)23-11-19(20,21)22)24-16(25)10-14-8-5-7-13-6-3-4-9-15(13)14/h3-9,12,17H,10-11H2,1-2H3,(H,23,26)(H,24,25)/t17-/m1/s1. The van der Waals surface area contributed by atoms with Crippen molar-refractivity contribution in [3.05, 3.63) is 48.0 Å². The van der Waals surface area contributed by atoms with Crippen LogP contribution in [0.3, 0.4) is 0 Å². The van der Waals surface area contributed by atoms with Crippen LogP contribution >= 0.6 is 0 Å². The number of nitrogens with one attached hydrogen (secondary N) is 2. The summed E-state index contributed by atoms with van der Waals surface area (Å²) >= 11 is 0. The van der Waals surface area contributed by atoms with E-state index in [1.165, 1.54) is 0 Å². The van der Waals surface area contributed by atoms with E-state index in [1.54, 1.807) is 13.8 Å². The van der Waals surface area contributed by atoms with Crippen molar-refractivity contribution >= 4 is 22.6 Å². The zero-order valence-corrected chi connectivity index (χ0v) is 14.6. The summed E-state index contributed by atoms with van der Waals surface area (Å²) in [5.74, 6) is -1.61. The monoisotopic (exact) mass is 366 g/mol. The number of fused-ring (bicyclic) bond motifs is 1. The highest BCUT2D eigenvalue weighted by molar-refractivity contribution is 5.92. The number of amides is 2. The number of hydrogen-bond donors (Lipinski definition) is 2. The summed E-state index contributed by atoms with van der Waals surface area (Å²) in [4.78, 5) is 24.4. The number of hydrogen-bond acceptors (Lipinski definition) is 2. The number of benzene rings is 2. The predicted octanol–water partition coefficient (Wildman–Crippen LogP) is 3.20. The molecule has 140 valence electrons. The molecule has 1 atom stereocenters. The summed E-state index contributed by atoms with van der Waals surface area (Å²) in [6, 6.07) is 12.1. The molecule has 26 heavy (non-hydrogen) atoms. The first-order chi connectivity index (χ1) is 12.2. The molecular formula is C19H21F3N2O2. The van der Waals surface area contributed by atoms with Gasteiger partial charge < -0.3 is 10.6 Å². The second kappa shape index (κ2) is 8.21. The minimum absolute atomic E-state index is 0.0388. The van der Waals surface area contributed by atoms with Crippen LogP contribution in [-0.4, -0.2) is 30.6 Å². The molecule has 2 aromatic rings. The largest absolute Gasteiger partial charge is 0.405 e. The molecule has 0 aromatic heterocycles. The van der Waals surface area contributed by atoms with Crippen LogP contribution < -0.4 is 10.6 Å². The molecule has 0 saturated carbocycles. The first-order valence-electron chi connectivity index (χ1n) is 8.28. The van der Waals surface area contributed by atoms with Crippen molar-refractivity contribution < 1.29 is 22.8 Å². The van der Waals surface area contributed by atoms with Gasteiger partial charge in [-0.3, -0.25) is 9.59 Å². The molecule has 0 unspecified atom stereocenters. The van der Waals surface area contributed by atoms with Gasteiger partial charge in [0, 0.05) is 0 Å². The number of alkyl halides is 3. The molecule has 4 nitrogen and oxygen atoms in total. The number of carbonyl (C=O) groups is 2. The van der Waals surface area contributed by atoms with Gasteiger partial charge in [-0.1, -0.05) is 56.3 Å². The van der Waals surface area contributed by atoms with Gasteiger partial charge in [0.15, 0.2) is 0 Å². The molecule has 2 N–H and O–H groups in total. The fourth-order valence-electron chi connectivity index (χ4n) is 2.68. The lowest BCUT2D eigenvalue weighted by atomic mass is 10.0. The molecule has 0 radical (unpaired) electrons. The first-order valence-corrected chi connectivity index (χ1v) is 8.28. The zero-order valence-electron chi connectivity index (χ0n) is 14.6. The van der Waals surface area contributed by atoms with Crippen LogP contribution in [0.2, 0.25) is 0 Å². The van der Waals surface area contributed by atoms with E-state index in [4.69, 9.17) is 0 Å². The summed E-state index contributed by atoms with van der Waals surface area (Å²) in [5, 5.41) is 6.28. The summed E-state index contributed by atoms with van der Waals surface area (Å²) < 4.78 is 36.8. The second-order valence-corrected chi connectivity index (χ2v) is 6.44. The van der Waals surface area contributed by atoms with E-state index < -0.39 is 30.6 Å². The highest BCUT2D eigenvalue weighted by atomic mass is 19.4. The molecule has 7 heteroatoms. The second-order valence-electron chi connectivity index (χ2n) is 6.44. The first kappa shape index (κ1) is 19.8. The lowest BCUT2D eigenvalue weighted by molar-refractivity contribution is -0.141. The summed E-state index contributed by atoms with van der Waals surface area (Å²) in [5.41, 5.74) is 0.791. The Balaban J connectivity index is 2.06. The highest BCUT2D eigenvalue weighted by Crippen LogP contribution is 2.19. The third-order valence-corrected chi connectivity index (χ3v) is 3.96. The molecule has 0 aliphatic heterocycles. The normalized spacial score (nSPS) is 12.8. The Hall–Kier alpha value is -2.57. The van der Waals surface area contributed by atoms with E-state index in [9.17, 15) is 22.8 Å². The van der Waals surface area contributed by atoms with Crippen LogP contribution in [0.25, 0.3) is 10.8 Å². The number of halogens is 3. The van der Waals surface area contributed by atoms with Crippen LogP contribution in [0, 0.1) is 5.92 Å². The predicted molar refractivity (Wildman–Crippen MR) is 93.5 cm³/mol. The molecule has 0 spiro atoms. The van der Waals surface area contributed by atoms with E-state index in [0.717, 1.165) is 16.3 Å². The van der Waals surface area contributed by atoms with Gasteiger partial charge in [0.1, 0.15) is 12.6 Å². The smallest absolute Gasteiger partial charge is 0.345 e. The average Bonchev–Trinajstić information content (AvgIpc) is 2.57. The maximum atomic E-state index is 12.4. The number of rotatable bonds is 6. The summed E-state index contributed by atoms with van der Waals surface area (Å²) in [6.45, 7) is 1.90. The fraction of sp³-hybridized carbons (Fsp3) is 0.368. The maximum absolute atomic E-state index is 12.4. The minimum Gasteiger partial charge on any atom is -0.345 e. The Bertz CT molecular complexity index is 782. The third-order valence-electron chi connectivity index (χ3n) is 3.96. The maximum Gasteiger partial charge on any atom is 0.405 e. The van der Waals surface area contributed by atoms with Crippen molar-refractivity contribution in [1.82, 2.24) is 10.6 Å². The van der Waals surface area contributed by atoms with Gasteiger partial charge >= 0.3 is 6.18 Å². The van der Waals surface area contributed by atoms with E-state index in [1.807, 2.05) is 47.8 Å². The minimum atomic E-state index is -4.50. The Morgan fingerprint density at radius 3 is 2.35 bits per heavy atom. The van der Waals surface area contributed by atoms with Gasteiger partial charge in [-0.2, -0.15) is 13.2 Å². The van der Waals surface area contributed by atoms with Crippen molar-refractivity contribution in [2.45, 2.75) is 32.5 Å². The van der Waals surface area contributed by atoms with Crippen LogP contribution in [-0.2, 0) is 16.0 Å². The lowest BCUT2D eigenvalue weighted by Crippen LogP contribution is -2.51. The van der Waals surface area contributed by atoms with Gasteiger partial charge in [-0.25, -0.2) is 0 Å². The van der Waals surface area contributed by atoms with Gasteiger partial charge in [0.05, 0.1) is 6.42 Å².